The molecule has 0 aliphatic rings. The topological polar surface area (TPSA) is 42.7 Å². The van der Waals surface area contributed by atoms with Crippen LogP contribution in [0, 0.1) is 0 Å². The van der Waals surface area contributed by atoms with Crippen LogP contribution in [0.5, 0.6) is 0 Å². The predicted octanol–water partition coefficient (Wildman–Crippen LogP) is 1.64. The summed E-state index contributed by atoms with van der Waals surface area (Å²) >= 11 is 5.79. The molecule has 2 heterocycles. The van der Waals surface area contributed by atoms with Crippen molar-refractivity contribution >= 4 is 11.6 Å². The summed E-state index contributed by atoms with van der Waals surface area (Å²) < 4.78 is 1.65. The maximum absolute atomic E-state index is 5.79. The van der Waals surface area contributed by atoms with E-state index in [0.29, 0.717) is 5.02 Å². The Hall–Kier alpha value is -1.39. The fraction of sp³-hybridized carbons (Fsp3) is 0.200. The molecule has 0 fully saturated rings. The Labute approximate surface area is 92.9 Å². The number of nitrogens with zero attached hydrogens (tertiary/aromatic N) is 3. The normalized spacial score (nSPS) is 10.5. The number of hydrogen-bond donors (Lipinski definition) is 1. The summed E-state index contributed by atoms with van der Waals surface area (Å²) in [6, 6.07) is 3.94. The van der Waals surface area contributed by atoms with Crippen molar-refractivity contribution in [1.82, 2.24) is 20.1 Å². The molecule has 0 saturated heterocycles. The largest absolute Gasteiger partial charge is 0.316 e. The average Bonchev–Trinajstić information content (AvgIpc) is 2.66. The molecule has 78 valence electrons. The Morgan fingerprint density at radius 2 is 2.40 bits per heavy atom. The van der Waals surface area contributed by atoms with Crippen molar-refractivity contribution in [2.45, 2.75) is 6.54 Å². The summed E-state index contributed by atoms with van der Waals surface area (Å²) in [5.74, 6) is 0.773. The molecule has 0 saturated carbocycles. The monoisotopic (exact) mass is 222 g/mol. The molecule has 2 aromatic heterocycles. The second-order valence-electron chi connectivity index (χ2n) is 3.16. The Morgan fingerprint density at radius 3 is 3.07 bits per heavy atom. The van der Waals surface area contributed by atoms with Crippen LogP contribution in [0.25, 0.3) is 5.82 Å². The maximum atomic E-state index is 5.79. The van der Waals surface area contributed by atoms with Crippen molar-refractivity contribution in [2.24, 2.45) is 0 Å². The quantitative estimate of drug-likeness (QED) is 0.859. The van der Waals surface area contributed by atoms with Gasteiger partial charge in [-0.3, -0.25) is 0 Å². The van der Waals surface area contributed by atoms with Gasteiger partial charge < -0.3 is 5.32 Å². The van der Waals surface area contributed by atoms with Crippen molar-refractivity contribution in [3.8, 4) is 5.82 Å². The third kappa shape index (κ3) is 2.34. The third-order valence-electron chi connectivity index (χ3n) is 1.98. The molecule has 0 spiro atoms. The zero-order chi connectivity index (χ0) is 10.7. The summed E-state index contributed by atoms with van der Waals surface area (Å²) in [5, 5.41) is 7.78. The van der Waals surface area contributed by atoms with Crippen LogP contribution in [-0.2, 0) is 6.54 Å². The van der Waals surface area contributed by atoms with Crippen LogP contribution in [0.2, 0.25) is 5.02 Å². The van der Waals surface area contributed by atoms with Gasteiger partial charge in [0.25, 0.3) is 0 Å². The smallest absolute Gasteiger partial charge is 0.153 e. The lowest BCUT2D eigenvalue weighted by Crippen LogP contribution is -2.06. The minimum absolute atomic E-state index is 0.607. The first-order valence-corrected chi connectivity index (χ1v) is 4.97. The molecular weight excluding hydrogens is 212 g/mol. The van der Waals surface area contributed by atoms with E-state index in [1.54, 1.807) is 23.3 Å². The Morgan fingerprint density at radius 1 is 1.53 bits per heavy atom. The third-order valence-corrected chi connectivity index (χ3v) is 2.17. The van der Waals surface area contributed by atoms with Crippen molar-refractivity contribution in [3.63, 3.8) is 0 Å². The predicted molar refractivity (Wildman–Crippen MR) is 59.1 cm³/mol. The number of nitrogens with one attached hydrogen (secondary N) is 1. The van der Waals surface area contributed by atoms with E-state index in [1.165, 1.54) is 0 Å². The number of rotatable bonds is 3. The molecule has 2 rings (SSSR count). The minimum atomic E-state index is 0.607. The zero-order valence-electron chi connectivity index (χ0n) is 8.31. The van der Waals surface area contributed by atoms with Gasteiger partial charge in [-0.05, 0) is 24.7 Å². The summed E-state index contributed by atoms with van der Waals surface area (Å²) in [6.07, 6.45) is 5.08. The standard InChI is InChI=1S/C10H11ClN4/c1-12-5-8-2-3-13-10(4-8)15-7-9(11)6-14-15/h2-4,6-7,12H,5H2,1H3. The number of aromatic nitrogens is 3. The van der Waals surface area contributed by atoms with E-state index < -0.39 is 0 Å². The molecule has 0 aliphatic carbocycles. The lowest BCUT2D eigenvalue weighted by molar-refractivity contribution is 0.801. The highest BCUT2D eigenvalue weighted by Gasteiger charge is 2.01. The van der Waals surface area contributed by atoms with Crippen molar-refractivity contribution < 1.29 is 0 Å². The highest BCUT2D eigenvalue weighted by atomic mass is 35.5. The van der Waals surface area contributed by atoms with Gasteiger partial charge in [0, 0.05) is 12.7 Å². The molecule has 0 bridgehead atoms. The summed E-state index contributed by atoms with van der Waals surface area (Å²) in [7, 11) is 1.91. The lowest BCUT2D eigenvalue weighted by atomic mass is 10.2. The summed E-state index contributed by atoms with van der Waals surface area (Å²) in [4.78, 5) is 4.22. The molecule has 0 aromatic carbocycles. The van der Waals surface area contributed by atoms with Crippen molar-refractivity contribution in [3.05, 3.63) is 41.3 Å². The zero-order valence-corrected chi connectivity index (χ0v) is 9.07. The molecule has 2 aromatic rings. The van der Waals surface area contributed by atoms with Crippen LogP contribution >= 0.6 is 11.6 Å². The van der Waals surface area contributed by atoms with Gasteiger partial charge in [0.1, 0.15) is 0 Å². The van der Waals surface area contributed by atoms with Gasteiger partial charge in [-0.25, -0.2) is 9.67 Å². The van der Waals surface area contributed by atoms with Gasteiger partial charge in [-0.1, -0.05) is 11.6 Å². The SMILES string of the molecule is CNCc1ccnc(-n2cc(Cl)cn2)c1. The van der Waals surface area contributed by atoms with Crippen LogP contribution in [-0.4, -0.2) is 21.8 Å². The second-order valence-corrected chi connectivity index (χ2v) is 3.59. The van der Waals surface area contributed by atoms with Crippen LogP contribution in [0.4, 0.5) is 0 Å². The highest BCUT2D eigenvalue weighted by molar-refractivity contribution is 6.30. The van der Waals surface area contributed by atoms with Gasteiger partial charge in [0.05, 0.1) is 17.4 Å². The molecule has 5 heteroatoms. The van der Waals surface area contributed by atoms with E-state index in [2.05, 4.69) is 15.4 Å². The number of hydrogen-bond acceptors (Lipinski definition) is 3. The van der Waals surface area contributed by atoms with E-state index in [-0.39, 0.29) is 0 Å². The van der Waals surface area contributed by atoms with Gasteiger partial charge in [0.15, 0.2) is 5.82 Å². The molecule has 0 aliphatic heterocycles. The van der Waals surface area contributed by atoms with Crippen molar-refractivity contribution in [2.75, 3.05) is 7.05 Å². The van der Waals surface area contributed by atoms with E-state index >= 15 is 0 Å². The van der Waals surface area contributed by atoms with Crippen molar-refractivity contribution in [1.29, 1.82) is 0 Å². The minimum Gasteiger partial charge on any atom is -0.316 e. The van der Waals surface area contributed by atoms with E-state index in [0.717, 1.165) is 17.9 Å². The van der Waals surface area contributed by atoms with Crippen LogP contribution in [0.15, 0.2) is 30.7 Å². The molecule has 0 amide bonds. The Balaban J connectivity index is 2.32. The molecule has 1 N–H and O–H groups in total. The van der Waals surface area contributed by atoms with E-state index in [9.17, 15) is 0 Å². The fourth-order valence-electron chi connectivity index (χ4n) is 1.33. The van der Waals surface area contributed by atoms with Gasteiger partial charge in [0.2, 0.25) is 0 Å². The Bertz CT molecular complexity index is 452. The molecule has 0 atom stereocenters. The van der Waals surface area contributed by atoms with Gasteiger partial charge in [-0.15, -0.1) is 0 Å². The highest BCUT2D eigenvalue weighted by Crippen LogP contribution is 2.10. The summed E-state index contributed by atoms with van der Waals surface area (Å²) in [6.45, 7) is 0.810. The summed E-state index contributed by atoms with van der Waals surface area (Å²) in [5.41, 5.74) is 1.16. The first kappa shape index (κ1) is 10.1. The second kappa shape index (κ2) is 4.42. The number of halogens is 1. The fourth-order valence-corrected chi connectivity index (χ4v) is 1.46. The molecule has 0 unspecified atom stereocenters. The molecule has 15 heavy (non-hydrogen) atoms. The van der Waals surface area contributed by atoms with Crippen LogP contribution in [0.3, 0.4) is 0 Å². The Kier molecular flexibility index (Phi) is 2.99. The molecule has 4 nitrogen and oxygen atoms in total. The molecular formula is C10H11ClN4. The average molecular weight is 223 g/mol. The molecule has 0 radical (unpaired) electrons. The van der Waals surface area contributed by atoms with E-state index in [4.69, 9.17) is 11.6 Å². The first-order chi connectivity index (χ1) is 7.29. The van der Waals surface area contributed by atoms with E-state index in [1.807, 2.05) is 19.2 Å². The van der Waals surface area contributed by atoms with Crippen LogP contribution in [0.1, 0.15) is 5.56 Å². The lowest BCUT2D eigenvalue weighted by Gasteiger charge is -2.03. The number of pyridine rings is 1. The maximum Gasteiger partial charge on any atom is 0.153 e. The first-order valence-electron chi connectivity index (χ1n) is 4.59. The van der Waals surface area contributed by atoms with Gasteiger partial charge in [-0.2, -0.15) is 5.10 Å². The van der Waals surface area contributed by atoms with Gasteiger partial charge >= 0.3 is 0 Å². The van der Waals surface area contributed by atoms with Crippen LogP contribution < -0.4 is 5.32 Å².